The number of thiophene rings is 1. The highest BCUT2D eigenvalue weighted by Gasteiger charge is 2.42. The number of benzene rings is 1. The Morgan fingerprint density at radius 3 is 2.72 bits per heavy atom. The standard InChI is InChI=1S/C16H15Cl2NO4S2/c1-9-7-14(12(18)8-11(9)17)25(21,22)19-5-3-13-10(4-6-24-13)15(19)16(20)23-2/h4,6-8,15H,3,5H2,1-2H3. The van der Waals surface area contributed by atoms with Gasteiger partial charge in [0.2, 0.25) is 10.0 Å². The lowest BCUT2D eigenvalue weighted by Crippen LogP contribution is -2.43. The molecule has 0 fully saturated rings. The Morgan fingerprint density at radius 1 is 1.32 bits per heavy atom. The SMILES string of the molecule is COC(=O)C1c2ccsc2CCN1S(=O)(=O)c1cc(C)c(Cl)cc1Cl. The Hall–Kier alpha value is -1.12. The number of hydrogen-bond donors (Lipinski definition) is 0. The second-order valence-electron chi connectivity index (χ2n) is 5.62. The van der Waals surface area contributed by atoms with Crippen LogP contribution in [-0.4, -0.2) is 32.3 Å². The lowest BCUT2D eigenvalue weighted by Gasteiger charge is -2.33. The topological polar surface area (TPSA) is 63.7 Å². The van der Waals surface area contributed by atoms with Gasteiger partial charge in [-0.1, -0.05) is 23.2 Å². The molecule has 0 aliphatic carbocycles. The molecule has 1 aromatic heterocycles. The first-order valence-corrected chi connectivity index (χ1v) is 10.5. The number of fused-ring (bicyclic) bond motifs is 1. The number of carbonyl (C=O) groups is 1. The van der Waals surface area contributed by atoms with Gasteiger partial charge in [-0.3, -0.25) is 0 Å². The van der Waals surface area contributed by atoms with E-state index in [4.69, 9.17) is 27.9 Å². The van der Waals surface area contributed by atoms with E-state index < -0.39 is 22.0 Å². The third-order valence-corrected chi connectivity index (χ3v) is 7.88. The molecule has 1 aliphatic rings. The van der Waals surface area contributed by atoms with Gasteiger partial charge >= 0.3 is 5.97 Å². The van der Waals surface area contributed by atoms with Crippen LogP contribution in [0.2, 0.25) is 10.0 Å². The van der Waals surface area contributed by atoms with Crippen LogP contribution in [0.15, 0.2) is 28.5 Å². The summed E-state index contributed by atoms with van der Waals surface area (Å²) in [5.74, 6) is -0.621. The van der Waals surface area contributed by atoms with Gasteiger partial charge < -0.3 is 4.74 Å². The average Bonchev–Trinajstić information content (AvgIpc) is 3.04. The number of halogens is 2. The van der Waals surface area contributed by atoms with E-state index in [2.05, 4.69) is 0 Å². The van der Waals surface area contributed by atoms with Crippen LogP contribution in [0, 0.1) is 6.92 Å². The van der Waals surface area contributed by atoms with E-state index in [0.29, 0.717) is 22.6 Å². The van der Waals surface area contributed by atoms with Crippen molar-refractivity contribution in [3.8, 4) is 0 Å². The molecule has 1 atom stereocenters. The van der Waals surface area contributed by atoms with Gasteiger partial charge in [-0.2, -0.15) is 4.31 Å². The van der Waals surface area contributed by atoms with Crippen molar-refractivity contribution in [3.63, 3.8) is 0 Å². The van der Waals surface area contributed by atoms with Gasteiger partial charge in [-0.15, -0.1) is 11.3 Å². The molecule has 1 unspecified atom stereocenters. The van der Waals surface area contributed by atoms with E-state index in [1.54, 1.807) is 13.0 Å². The molecule has 5 nitrogen and oxygen atoms in total. The van der Waals surface area contributed by atoms with Crippen LogP contribution in [0.4, 0.5) is 0 Å². The average molecular weight is 420 g/mol. The van der Waals surface area contributed by atoms with Crippen molar-refractivity contribution >= 4 is 50.5 Å². The van der Waals surface area contributed by atoms with Crippen LogP contribution in [-0.2, 0) is 26.0 Å². The minimum absolute atomic E-state index is 0.0235. The molecule has 0 spiro atoms. The second kappa shape index (κ2) is 6.89. The van der Waals surface area contributed by atoms with E-state index in [9.17, 15) is 13.2 Å². The van der Waals surface area contributed by atoms with Gasteiger partial charge in [0.25, 0.3) is 0 Å². The predicted octanol–water partition coefficient (Wildman–Crippen LogP) is 3.82. The van der Waals surface area contributed by atoms with Crippen molar-refractivity contribution < 1.29 is 17.9 Å². The van der Waals surface area contributed by atoms with Gasteiger partial charge in [-0.25, -0.2) is 13.2 Å². The van der Waals surface area contributed by atoms with E-state index in [-0.39, 0.29) is 16.5 Å². The van der Waals surface area contributed by atoms with Crippen LogP contribution in [0.1, 0.15) is 22.0 Å². The zero-order valence-electron chi connectivity index (χ0n) is 13.5. The van der Waals surface area contributed by atoms with Crippen LogP contribution in [0.3, 0.4) is 0 Å². The maximum absolute atomic E-state index is 13.2. The minimum atomic E-state index is -4.01. The molecular formula is C16H15Cl2NO4S2. The molecule has 0 amide bonds. The summed E-state index contributed by atoms with van der Waals surface area (Å²) < 4.78 is 32.5. The summed E-state index contributed by atoms with van der Waals surface area (Å²) in [6.07, 6.45) is 0.532. The molecular weight excluding hydrogens is 405 g/mol. The van der Waals surface area contributed by atoms with Crippen molar-refractivity contribution in [3.05, 3.63) is 49.6 Å². The first-order valence-electron chi connectivity index (χ1n) is 7.39. The first-order chi connectivity index (χ1) is 11.8. The highest BCUT2D eigenvalue weighted by molar-refractivity contribution is 7.89. The minimum Gasteiger partial charge on any atom is -0.468 e. The van der Waals surface area contributed by atoms with E-state index >= 15 is 0 Å². The lowest BCUT2D eigenvalue weighted by atomic mass is 10.0. The quantitative estimate of drug-likeness (QED) is 0.709. The number of nitrogens with zero attached hydrogens (tertiary/aromatic N) is 1. The fraction of sp³-hybridized carbons (Fsp3) is 0.312. The molecule has 1 aromatic carbocycles. The summed E-state index contributed by atoms with van der Waals surface area (Å²) in [5.41, 5.74) is 1.25. The third kappa shape index (κ3) is 3.19. The molecule has 2 aromatic rings. The molecule has 0 radical (unpaired) electrons. The molecule has 0 saturated heterocycles. The van der Waals surface area contributed by atoms with Crippen LogP contribution >= 0.6 is 34.5 Å². The number of sulfonamides is 1. The normalized spacial score (nSPS) is 18.0. The molecule has 134 valence electrons. The Labute approximate surface area is 160 Å². The third-order valence-electron chi connectivity index (χ3n) is 4.15. The predicted molar refractivity (Wildman–Crippen MR) is 97.9 cm³/mol. The zero-order valence-corrected chi connectivity index (χ0v) is 16.6. The molecule has 9 heteroatoms. The fourth-order valence-corrected chi connectivity index (χ4v) is 6.14. The lowest BCUT2D eigenvalue weighted by molar-refractivity contribution is -0.145. The highest BCUT2D eigenvalue weighted by Crippen LogP contribution is 2.39. The van der Waals surface area contributed by atoms with E-state index in [0.717, 1.165) is 9.18 Å². The summed E-state index contributed by atoms with van der Waals surface area (Å²) in [5, 5.41) is 2.25. The van der Waals surface area contributed by atoms with Gasteiger partial charge in [0.1, 0.15) is 10.9 Å². The molecule has 1 aliphatic heterocycles. The van der Waals surface area contributed by atoms with Crippen molar-refractivity contribution in [2.24, 2.45) is 0 Å². The maximum atomic E-state index is 13.2. The number of carbonyl (C=O) groups excluding carboxylic acids is 1. The van der Waals surface area contributed by atoms with Crippen molar-refractivity contribution in [2.45, 2.75) is 24.3 Å². The Morgan fingerprint density at radius 2 is 2.04 bits per heavy atom. The fourth-order valence-electron chi connectivity index (χ4n) is 2.86. The van der Waals surface area contributed by atoms with Crippen molar-refractivity contribution in [1.29, 1.82) is 0 Å². The summed E-state index contributed by atoms with van der Waals surface area (Å²) >= 11 is 13.7. The molecule has 2 heterocycles. The molecule has 0 saturated carbocycles. The van der Waals surface area contributed by atoms with Crippen molar-refractivity contribution in [1.82, 2.24) is 4.31 Å². The van der Waals surface area contributed by atoms with Gasteiger partial charge in [-0.05, 0) is 48.1 Å². The Bertz CT molecular complexity index is 940. The molecule has 25 heavy (non-hydrogen) atoms. The maximum Gasteiger partial charge on any atom is 0.328 e. The van der Waals surface area contributed by atoms with Gasteiger partial charge in [0.05, 0.1) is 12.1 Å². The van der Waals surface area contributed by atoms with Gasteiger partial charge in [0, 0.05) is 16.4 Å². The number of ether oxygens (including phenoxy) is 1. The number of methoxy groups -OCH3 is 1. The van der Waals surface area contributed by atoms with Crippen LogP contribution < -0.4 is 0 Å². The largest absolute Gasteiger partial charge is 0.468 e. The van der Waals surface area contributed by atoms with Crippen LogP contribution in [0.5, 0.6) is 0 Å². The van der Waals surface area contributed by atoms with Crippen LogP contribution in [0.25, 0.3) is 0 Å². The number of rotatable bonds is 3. The zero-order chi connectivity index (χ0) is 18.4. The smallest absolute Gasteiger partial charge is 0.328 e. The van der Waals surface area contributed by atoms with Crippen molar-refractivity contribution in [2.75, 3.05) is 13.7 Å². The highest BCUT2D eigenvalue weighted by atomic mass is 35.5. The second-order valence-corrected chi connectivity index (χ2v) is 9.30. The first kappa shape index (κ1) is 18.7. The molecule has 3 rings (SSSR count). The number of hydrogen-bond acceptors (Lipinski definition) is 5. The Kier molecular flexibility index (Phi) is 5.14. The van der Waals surface area contributed by atoms with E-state index in [1.165, 1.54) is 30.6 Å². The Balaban J connectivity index is 2.13. The van der Waals surface area contributed by atoms with E-state index in [1.807, 2.05) is 5.38 Å². The molecule has 0 bridgehead atoms. The summed E-state index contributed by atoms with van der Waals surface area (Å²) in [4.78, 5) is 13.3. The monoisotopic (exact) mass is 419 g/mol. The number of aryl methyl sites for hydroxylation is 1. The summed E-state index contributed by atoms with van der Waals surface area (Å²) in [7, 11) is -2.77. The number of esters is 1. The summed E-state index contributed by atoms with van der Waals surface area (Å²) in [6.45, 7) is 1.87. The van der Waals surface area contributed by atoms with Gasteiger partial charge in [0.15, 0.2) is 0 Å². The molecule has 0 N–H and O–H groups in total. The summed E-state index contributed by atoms with van der Waals surface area (Å²) in [6, 6.07) is 3.57.